The zero-order valence-electron chi connectivity index (χ0n) is 36.5. The van der Waals surface area contributed by atoms with Crippen LogP contribution >= 0.6 is 0 Å². The Labute approximate surface area is 348 Å². The van der Waals surface area contributed by atoms with Crippen molar-refractivity contribution in [3.05, 3.63) is 0 Å². The number of nitrogens with zero attached hydrogens (tertiary/aromatic N) is 1. The molecule has 0 saturated carbocycles. The number of carbonyl (C=O) groups is 8. The van der Waals surface area contributed by atoms with Crippen LogP contribution in [0.3, 0.4) is 0 Å². The number of hydrogen-bond acceptors (Lipinski definition) is 11. The molecule has 0 aromatic carbocycles. The average Bonchev–Trinajstić information content (AvgIpc) is 3.67. The molecule has 7 amide bonds. The number of aliphatic hydroxyl groups excluding tert-OH is 2. The lowest BCUT2D eigenvalue weighted by Crippen LogP contribution is -2.62. The van der Waals surface area contributed by atoms with Gasteiger partial charge in [0.15, 0.2) is 0 Å². The van der Waals surface area contributed by atoms with Crippen molar-refractivity contribution in [2.24, 2.45) is 35.3 Å². The lowest BCUT2D eigenvalue weighted by Gasteiger charge is -2.33. The van der Waals surface area contributed by atoms with E-state index in [0.717, 1.165) is 0 Å². The van der Waals surface area contributed by atoms with E-state index >= 15 is 0 Å². The van der Waals surface area contributed by atoms with Crippen LogP contribution in [0.25, 0.3) is 0 Å². The molecule has 19 heteroatoms. The van der Waals surface area contributed by atoms with Gasteiger partial charge in [-0.15, -0.1) is 0 Å². The molecule has 0 aromatic rings. The lowest BCUT2D eigenvalue weighted by atomic mass is 9.96. The molecule has 0 spiro atoms. The highest BCUT2D eigenvalue weighted by Gasteiger charge is 2.41. The minimum atomic E-state index is -1.61. The van der Waals surface area contributed by atoms with E-state index in [1.54, 1.807) is 41.5 Å². The summed E-state index contributed by atoms with van der Waals surface area (Å²) in [5.74, 6) is -7.59. The van der Waals surface area contributed by atoms with Crippen LogP contribution in [0.1, 0.15) is 108 Å². The van der Waals surface area contributed by atoms with Gasteiger partial charge in [-0.25, -0.2) is 4.79 Å². The fourth-order valence-corrected chi connectivity index (χ4v) is 6.66. The van der Waals surface area contributed by atoms with E-state index in [9.17, 15) is 53.7 Å². The molecule has 0 bridgehead atoms. The molecule has 0 radical (unpaired) electrons. The van der Waals surface area contributed by atoms with Crippen LogP contribution < -0.4 is 37.6 Å². The summed E-state index contributed by atoms with van der Waals surface area (Å²) in [6, 6.07) is -9.54. The van der Waals surface area contributed by atoms with Crippen LogP contribution in [-0.4, -0.2) is 136 Å². The first-order valence-corrected chi connectivity index (χ1v) is 20.9. The van der Waals surface area contributed by atoms with Gasteiger partial charge in [0.2, 0.25) is 41.4 Å². The van der Waals surface area contributed by atoms with Crippen LogP contribution in [0, 0.1) is 29.6 Å². The number of amides is 7. The Morgan fingerprint density at radius 3 is 1.58 bits per heavy atom. The second kappa shape index (κ2) is 25.3. The van der Waals surface area contributed by atoms with Crippen LogP contribution in [0.2, 0.25) is 0 Å². The number of aliphatic carboxylic acids is 1. The summed E-state index contributed by atoms with van der Waals surface area (Å²) in [6.45, 7) is 16.4. The van der Waals surface area contributed by atoms with Gasteiger partial charge >= 0.3 is 5.97 Å². The standard InChI is InChI=1S/C40H72N8O11/c1-11-23(9)31(38(56)44-28(19-50)40(58)59)46-34(52)26(17-21(5)6)42-35(53)27(18-49)43-37(55)30(22(7)8)45-36(54)29-14-13-15-48(29)39(57)32(24(10)12-2)47-33(51)25(41)16-20(3)4/h20-32,49-50H,11-19,41H2,1-10H3,(H,42,53)(H,43,55)(H,44,56)(H,45,54)(H,46,52)(H,47,51)(H,58,59)/t23-,24-,25-,26-,27-,28-,29-,30-,31-,32-/m0/s1. The Morgan fingerprint density at radius 2 is 1.08 bits per heavy atom. The number of rotatable bonds is 25. The van der Waals surface area contributed by atoms with Crippen molar-refractivity contribution < 1.29 is 53.7 Å². The zero-order valence-corrected chi connectivity index (χ0v) is 36.5. The summed E-state index contributed by atoms with van der Waals surface area (Å²) in [5.41, 5.74) is 6.10. The molecule has 1 saturated heterocycles. The first kappa shape index (κ1) is 52.7. The van der Waals surface area contributed by atoms with Gasteiger partial charge in [0.05, 0.1) is 19.3 Å². The Bertz CT molecular complexity index is 1440. The molecule has 338 valence electrons. The first-order valence-electron chi connectivity index (χ1n) is 20.9. The van der Waals surface area contributed by atoms with E-state index < -0.39 is 121 Å². The minimum Gasteiger partial charge on any atom is -0.480 e. The Morgan fingerprint density at radius 1 is 0.610 bits per heavy atom. The molecule has 11 N–H and O–H groups in total. The monoisotopic (exact) mass is 841 g/mol. The molecular formula is C40H72N8O11. The van der Waals surface area contributed by atoms with Gasteiger partial charge in [-0.1, -0.05) is 82.1 Å². The molecular weight excluding hydrogens is 768 g/mol. The highest BCUT2D eigenvalue weighted by atomic mass is 16.4. The Hall–Kier alpha value is -4.36. The molecule has 1 heterocycles. The van der Waals surface area contributed by atoms with E-state index in [1.807, 2.05) is 27.7 Å². The molecule has 0 aliphatic carbocycles. The molecule has 10 atom stereocenters. The summed E-state index contributed by atoms with van der Waals surface area (Å²) in [4.78, 5) is 107. The third kappa shape index (κ3) is 16.3. The van der Waals surface area contributed by atoms with Crippen molar-refractivity contribution in [3.8, 4) is 0 Å². The van der Waals surface area contributed by atoms with Gasteiger partial charge in [0, 0.05) is 6.54 Å². The van der Waals surface area contributed by atoms with Crippen LogP contribution in [-0.2, 0) is 38.4 Å². The highest BCUT2D eigenvalue weighted by molar-refractivity contribution is 5.98. The summed E-state index contributed by atoms with van der Waals surface area (Å²) in [5, 5.41) is 44.2. The summed E-state index contributed by atoms with van der Waals surface area (Å²) < 4.78 is 0. The lowest BCUT2D eigenvalue weighted by molar-refractivity contribution is -0.143. The minimum absolute atomic E-state index is 0.0838. The Balaban J connectivity index is 3.19. The Kier molecular flexibility index (Phi) is 22.6. The predicted octanol–water partition coefficient (Wildman–Crippen LogP) is -0.877. The number of carboxylic acids is 1. The first-order chi connectivity index (χ1) is 27.5. The van der Waals surface area contributed by atoms with E-state index in [1.165, 1.54) is 4.90 Å². The number of aliphatic hydroxyl groups is 2. The normalized spacial score (nSPS) is 18.7. The van der Waals surface area contributed by atoms with E-state index in [0.29, 0.717) is 32.1 Å². The topological polar surface area (TPSA) is 299 Å². The van der Waals surface area contributed by atoms with Crippen LogP contribution in [0.5, 0.6) is 0 Å². The number of likely N-dealkylation sites (tertiary alicyclic amines) is 1. The van der Waals surface area contributed by atoms with Gasteiger partial charge in [-0.3, -0.25) is 33.6 Å². The number of hydrogen-bond donors (Lipinski definition) is 10. The number of nitrogens with one attached hydrogen (secondary N) is 6. The number of carbonyl (C=O) groups excluding carboxylic acids is 7. The van der Waals surface area contributed by atoms with Crippen LogP contribution in [0.15, 0.2) is 0 Å². The summed E-state index contributed by atoms with van der Waals surface area (Å²) in [7, 11) is 0. The molecule has 1 rings (SSSR count). The van der Waals surface area contributed by atoms with Gasteiger partial charge in [0.1, 0.15) is 42.3 Å². The second-order valence-corrected chi connectivity index (χ2v) is 16.9. The summed E-state index contributed by atoms with van der Waals surface area (Å²) >= 11 is 0. The smallest absolute Gasteiger partial charge is 0.328 e. The largest absolute Gasteiger partial charge is 0.480 e. The highest BCUT2D eigenvalue weighted by Crippen LogP contribution is 2.22. The second-order valence-electron chi connectivity index (χ2n) is 16.9. The van der Waals surface area contributed by atoms with Crippen LogP contribution in [0.4, 0.5) is 0 Å². The van der Waals surface area contributed by atoms with Gasteiger partial charge in [0.25, 0.3) is 0 Å². The van der Waals surface area contributed by atoms with E-state index in [2.05, 4.69) is 31.9 Å². The maximum absolute atomic E-state index is 13.9. The molecule has 1 aliphatic heterocycles. The maximum atomic E-state index is 13.9. The quantitative estimate of drug-likeness (QED) is 0.0537. The van der Waals surface area contributed by atoms with Crippen molar-refractivity contribution in [3.63, 3.8) is 0 Å². The van der Waals surface area contributed by atoms with Crippen molar-refractivity contribution in [1.82, 2.24) is 36.8 Å². The van der Waals surface area contributed by atoms with Gasteiger partial charge < -0.3 is 57.9 Å². The fraction of sp³-hybridized carbons (Fsp3) is 0.800. The summed E-state index contributed by atoms with van der Waals surface area (Å²) in [6.07, 6.45) is 2.29. The third-order valence-corrected chi connectivity index (χ3v) is 10.7. The average molecular weight is 841 g/mol. The van der Waals surface area contributed by atoms with Crippen molar-refractivity contribution in [2.75, 3.05) is 19.8 Å². The number of carboxylic acid groups (broad SMARTS) is 1. The maximum Gasteiger partial charge on any atom is 0.328 e. The SMILES string of the molecule is CC[C@H](C)[C@H](NC(=O)[C@H](CC(C)C)NC(=O)[C@H](CO)NC(=O)[C@@H](NC(=O)[C@@H]1CCCN1C(=O)[C@@H](NC(=O)[C@@H](N)CC(C)C)[C@@H](C)CC)C(C)C)C(=O)N[C@@H](CO)C(=O)O. The van der Waals surface area contributed by atoms with Crippen molar-refractivity contribution in [2.45, 2.75) is 156 Å². The van der Waals surface area contributed by atoms with E-state index in [4.69, 9.17) is 5.73 Å². The van der Waals surface area contributed by atoms with Gasteiger partial charge in [-0.2, -0.15) is 0 Å². The molecule has 0 unspecified atom stereocenters. The predicted molar refractivity (Wildman–Crippen MR) is 219 cm³/mol. The van der Waals surface area contributed by atoms with Crippen molar-refractivity contribution >= 4 is 47.3 Å². The molecule has 1 aliphatic rings. The third-order valence-electron chi connectivity index (χ3n) is 10.7. The molecule has 59 heavy (non-hydrogen) atoms. The number of nitrogens with two attached hydrogens (primary N) is 1. The van der Waals surface area contributed by atoms with Crippen molar-refractivity contribution in [1.29, 1.82) is 0 Å². The molecule has 1 fully saturated rings. The van der Waals surface area contributed by atoms with E-state index in [-0.39, 0.29) is 30.7 Å². The van der Waals surface area contributed by atoms with Gasteiger partial charge in [-0.05, 0) is 55.3 Å². The molecule has 19 nitrogen and oxygen atoms in total. The molecule has 0 aromatic heterocycles. The fourth-order valence-electron chi connectivity index (χ4n) is 6.66. The zero-order chi connectivity index (χ0) is 45.3.